The number of carbonyl (C=O) groups is 5. The van der Waals surface area contributed by atoms with E-state index in [9.17, 15) is 29.1 Å². The van der Waals surface area contributed by atoms with Crippen molar-refractivity contribution in [2.75, 3.05) is 0 Å². The Labute approximate surface area is 349 Å². The lowest BCUT2D eigenvalue weighted by molar-refractivity contribution is -0.182. The Morgan fingerprint density at radius 2 is 0.983 bits per heavy atom. The first-order valence-electron chi connectivity index (χ1n) is 19.5. The Bertz CT molecular complexity index is 2000. The molecule has 0 aromatic heterocycles. The molecule has 7 N–H and O–H groups in total. The standard InChI is InChI=1S/C45H54N4O11/c1-29(2)44(46,40(52)59-48-42(54)56-27-33-20-12-7-13-21-33)36(26-32-18-10-6-11-19-32)38(51)37(39(58-31(5)50)35-24-16-9-17-25-35)45(47,30(3)4)41(53)60-49-43(55)57-28-34-22-14-8-15-23-34/h6-25,29-30,36-39,51H,26-28,46-47H2,1-5H3,(H,48,54)(H,49,55). The van der Waals surface area contributed by atoms with Crippen molar-refractivity contribution in [1.29, 1.82) is 0 Å². The number of hydrogen-bond donors (Lipinski definition) is 5. The van der Waals surface area contributed by atoms with E-state index >= 15 is 0 Å². The lowest BCUT2D eigenvalue weighted by atomic mass is 9.61. The first kappa shape index (κ1) is 46.4. The third-order valence-electron chi connectivity index (χ3n) is 10.5. The molecule has 0 bridgehead atoms. The van der Waals surface area contributed by atoms with Gasteiger partial charge in [0.2, 0.25) is 0 Å². The number of hydroxylamine groups is 2. The first-order chi connectivity index (χ1) is 28.6. The van der Waals surface area contributed by atoms with Crippen molar-refractivity contribution in [2.24, 2.45) is 35.1 Å². The third kappa shape index (κ3) is 11.9. The number of nitrogens with one attached hydrogen (secondary N) is 2. The van der Waals surface area contributed by atoms with Crippen molar-refractivity contribution < 1.29 is 53.0 Å². The minimum absolute atomic E-state index is 0.115. The van der Waals surface area contributed by atoms with Crippen LogP contribution in [0.25, 0.3) is 0 Å². The molecule has 0 aliphatic carbocycles. The van der Waals surface area contributed by atoms with Gasteiger partial charge in [0.05, 0.1) is 12.0 Å². The second-order valence-electron chi connectivity index (χ2n) is 15.0. The van der Waals surface area contributed by atoms with Gasteiger partial charge in [-0.1, -0.05) is 149 Å². The molecular formula is C45H54N4O11. The highest BCUT2D eigenvalue weighted by Crippen LogP contribution is 2.45. The second-order valence-corrected chi connectivity index (χ2v) is 15.0. The highest BCUT2D eigenvalue weighted by Gasteiger charge is 2.60. The number of benzene rings is 4. The maximum atomic E-state index is 14.4. The zero-order chi connectivity index (χ0) is 43.9. The van der Waals surface area contributed by atoms with Crippen LogP contribution in [0.3, 0.4) is 0 Å². The average molecular weight is 827 g/mol. The molecular weight excluding hydrogens is 773 g/mol. The third-order valence-corrected chi connectivity index (χ3v) is 10.5. The van der Waals surface area contributed by atoms with E-state index in [-0.39, 0.29) is 19.6 Å². The maximum absolute atomic E-state index is 14.4. The molecule has 0 radical (unpaired) electrons. The van der Waals surface area contributed by atoms with Gasteiger partial charge in [0.25, 0.3) is 0 Å². The van der Waals surface area contributed by atoms with Gasteiger partial charge in [0.15, 0.2) is 0 Å². The Morgan fingerprint density at radius 3 is 1.38 bits per heavy atom. The number of carbonyl (C=O) groups excluding carboxylic acids is 5. The van der Waals surface area contributed by atoms with Gasteiger partial charge in [-0.3, -0.25) is 4.79 Å². The molecule has 6 atom stereocenters. The topological polar surface area (TPSA) is 228 Å². The molecule has 0 aliphatic heterocycles. The van der Waals surface area contributed by atoms with Crippen molar-refractivity contribution in [2.45, 2.75) is 77.5 Å². The summed E-state index contributed by atoms with van der Waals surface area (Å²) in [5.74, 6) is -7.95. The van der Waals surface area contributed by atoms with E-state index in [0.29, 0.717) is 22.3 Å². The largest absolute Gasteiger partial charge is 0.457 e. The molecule has 15 nitrogen and oxygen atoms in total. The second kappa shape index (κ2) is 21.6. The Hall–Kier alpha value is -6.29. The predicted octanol–water partition coefficient (Wildman–Crippen LogP) is 5.60. The van der Waals surface area contributed by atoms with E-state index in [1.54, 1.807) is 149 Å². The van der Waals surface area contributed by atoms with Crippen LogP contribution in [0.15, 0.2) is 121 Å². The molecule has 0 saturated heterocycles. The Balaban J connectivity index is 1.79. The highest BCUT2D eigenvalue weighted by atomic mass is 16.7. The van der Waals surface area contributed by atoms with Gasteiger partial charge in [-0.15, -0.1) is 11.0 Å². The molecule has 6 unspecified atom stereocenters. The van der Waals surface area contributed by atoms with Crippen molar-refractivity contribution in [3.63, 3.8) is 0 Å². The molecule has 0 fully saturated rings. The van der Waals surface area contributed by atoms with E-state index in [4.69, 9.17) is 35.4 Å². The molecule has 0 aliphatic rings. The van der Waals surface area contributed by atoms with Crippen LogP contribution < -0.4 is 22.4 Å². The van der Waals surface area contributed by atoms with Crippen LogP contribution >= 0.6 is 0 Å². The van der Waals surface area contributed by atoms with Crippen molar-refractivity contribution in [1.82, 2.24) is 11.0 Å². The zero-order valence-corrected chi connectivity index (χ0v) is 34.3. The van der Waals surface area contributed by atoms with Crippen molar-refractivity contribution >= 4 is 30.1 Å². The smallest absolute Gasteiger partial charge is 0.441 e. The van der Waals surface area contributed by atoms with Crippen LogP contribution in [0.5, 0.6) is 0 Å². The van der Waals surface area contributed by atoms with Crippen molar-refractivity contribution in [3.8, 4) is 0 Å². The Kier molecular flexibility index (Phi) is 16.7. The molecule has 320 valence electrons. The quantitative estimate of drug-likeness (QED) is 0.0497. The fourth-order valence-corrected chi connectivity index (χ4v) is 7.00. The molecule has 15 heteroatoms. The van der Waals surface area contributed by atoms with Crippen LogP contribution in [0.1, 0.15) is 63.0 Å². The predicted molar refractivity (Wildman–Crippen MR) is 219 cm³/mol. The summed E-state index contributed by atoms with van der Waals surface area (Å²) in [6, 6.07) is 34.6. The van der Waals surface area contributed by atoms with Crippen LogP contribution in [0.4, 0.5) is 9.59 Å². The van der Waals surface area contributed by atoms with E-state index in [1.165, 1.54) is 0 Å². The van der Waals surface area contributed by atoms with E-state index in [1.807, 2.05) is 11.0 Å². The van der Waals surface area contributed by atoms with Crippen molar-refractivity contribution in [3.05, 3.63) is 144 Å². The van der Waals surface area contributed by atoms with Crippen LogP contribution in [-0.4, -0.2) is 52.4 Å². The summed E-state index contributed by atoms with van der Waals surface area (Å²) in [7, 11) is 0. The van der Waals surface area contributed by atoms with Gasteiger partial charge < -0.3 is 40.5 Å². The summed E-state index contributed by atoms with van der Waals surface area (Å²) in [5, 5.41) is 13.0. The van der Waals surface area contributed by atoms with Gasteiger partial charge in [-0.05, 0) is 40.5 Å². The van der Waals surface area contributed by atoms with Crippen LogP contribution in [0.2, 0.25) is 0 Å². The highest BCUT2D eigenvalue weighted by molar-refractivity contribution is 5.84. The SMILES string of the molecule is CC(=O)OC(c1ccccc1)C(C(O)C(Cc1ccccc1)C(N)(C(=O)ONC(=O)OCc1ccccc1)C(C)C)C(N)(C(=O)ONC(=O)OCc1ccccc1)C(C)C. The normalized spacial score (nSPS) is 15.2. The number of hydrogen-bond acceptors (Lipinski definition) is 13. The van der Waals surface area contributed by atoms with Gasteiger partial charge in [-0.25, -0.2) is 19.2 Å². The summed E-state index contributed by atoms with van der Waals surface area (Å²) >= 11 is 0. The number of amides is 2. The molecule has 0 saturated carbocycles. The monoisotopic (exact) mass is 826 g/mol. The summed E-state index contributed by atoms with van der Waals surface area (Å²) in [6.45, 7) is 7.27. The molecule has 0 heterocycles. The lowest BCUT2D eigenvalue weighted by Gasteiger charge is -2.49. The van der Waals surface area contributed by atoms with E-state index in [0.717, 1.165) is 6.92 Å². The van der Waals surface area contributed by atoms with Gasteiger partial charge >= 0.3 is 30.1 Å². The summed E-state index contributed by atoms with van der Waals surface area (Å²) in [6.07, 6.45) is -5.69. The number of aliphatic hydroxyl groups excluding tert-OH is 1. The molecule has 4 aromatic rings. The van der Waals surface area contributed by atoms with Gasteiger partial charge in [0.1, 0.15) is 30.4 Å². The van der Waals surface area contributed by atoms with Crippen LogP contribution in [0, 0.1) is 23.7 Å². The zero-order valence-electron chi connectivity index (χ0n) is 34.3. The maximum Gasteiger partial charge on any atom is 0.441 e. The van der Waals surface area contributed by atoms with Crippen LogP contribution in [-0.2, 0) is 57.9 Å². The number of aliphatic hydroxyl groups is 1. The molecule has 4 rings (SSSR count). The summed E-state index contributed by atoms with van der Waals surface area (Å²) in [5.41, 5.74) is 16.1. The average Bonchev–Trinajstić information content (AvgIpc) is 3.25. The molecule has 4 aromatic carbocycles. The fraction of sp³-hybridized carbons (Fsp3) is 0.356. The molecule has 60 heavy (non-hydrogen) atoms. The summed E-state index contributed by atoms with van der Waals surface area (Å²) < 4.78 is 16.4. The number of ether oxygens (including phenoxy) is 3. The number of esters is 1. The Morgan fingerprint density at radius 1 is 0.600 bits per heavy atom. The minimum Gasteiger partial charge on any atom is -0.457 e. The number of nitrogens with two attached hydrogens (primary N) is 2. The fourth-order valence-electron chi connectivity index (χ4n) is 7.00. The lowest BCUT2D eigenvalue weighted by Crippen LogP contribution is -2.69. The summed E-state index contributed by atoms with van der Waals surface area (Å²) in [4.78, 5) is 77.8. The molecule has 2 amide bonds. The number of rotatable bonds is 17. The van der Waals surface area contributed by atoms with Gasteiger partial charge in [-0.2, -0.15) is 0 Å². The van der Waals surface area contributed by atoms with Gasteiger partial charge in [0, 0.05) is 12.8 Å². The molecule has 0 spiro atoms. The van der Waals surface area contributed by atoms with E-state index < -0.39 is 77.1 Å². The first-order valence-corrected chi connectivity index (χ1v) is 19.5. The minimum atomic E-state index is -2.31. The van der Waals surface area contributed by atoms with E-state index in [2.05, 4.69) is 0 Å².